The molecule has 0 amide bonds. The Bertz CT molecular complexity index is 632. The maximum Gasteiger partial charge on any atom is 0.321 e. The van der Waals surface area contributed by atoms with Gasteiger partial charge in [-0.25, -0.2) is 0 Å². The third-order valence-corrected chi connectivity index (χ3v) is 3.38. The molecule has 0 saturated heterocycles. The monoisotopic (exact) mass is 259 g/mol. The van der Waals surface area contributed by atoms with E-state index in [2.05, 4.69) is 15.1 Å². The Kier molecular flexibility index (Phi) is 2.58. The second-order valence-corrected chi connectivity index (χ2v) is 4.67. The summed E-state index contributed by atoms with van der Waals surface area (Å²) in [4.78, 5) is 20.3. The van der Waals surface area contributed by atoms with Gasteiger partial charge in [-0.05, 0) is 31.4 Å². The van der Waals surface area contributed by atoms with E-state index in [1.54, 1.807) is 6.20 Å². The summed E-state index contributed by atoms with van der Waals surface area (Å²) in [5.41, 5.74) is 0.888. The summed E-state index contributed by atoms with van der Waals surface area (Å²) < 4.78 is 10.0. The SMILES string of the molecule is COC(=O)C1(c2nc(-c3ncccc3C)no2)CC1. The average Bonchev–Trinajstić information content (AvgIpc) is 3.10. The third kappa shape index (κ3) is 1.80. The lowest BCUT2D eigenvalue weighted by atomic mass is 10.1. The summed E-state index contributed by atoms with van der Waals surface area (Å²) in [5, 5.41) is 3.91. The highest BCUT2D eigenvalue weighted by Gasteiger charge is 2.57. The lowest BCUT2D eigenvalue weighted by molar-refractivity contribution is -0.144. The molecule has 0 unspecified atom stereocenters. The molecule has 6 nitrogen and oxygen atoms in total. The zero-order valence-electron chi connectivity index (χ0n) is 10.7. The van der Waals surface area contributed by atoms with Crippen LogP contribution < -0.4 is 0 Å². The van der Waals surface area contributed by atoms with Crippen LogP contribution in [0.1, 0.15) is 24.3 Å². The van der Waals surface area contributed by atoms with Gasteiger partial charge in [0.25, 0.3) is 0 Å². The van der Waals surface area contributed by atoms with Crippen LogP contribution >= 0.6 is 0 Å². The van der Waals surface area contributed by atoms with E-state index < -0.39 is 5.41 Å². The highest BCUT2D eigenvalue weighted by atomic mass is 16.5. The van der Waals surface area contributed by atoms with E-state index in [0.717, 1.165) is 5.56 Å². The Labute approximate surface area is 109 Å². The maximum absolute atomic E-state index is 11.7. The predicted molar refractivity (Wildman–Crippen MR) is 65.2 cm³/mol. The minimum Gasteiger partial charge on any atom is -0.468 e. The molecule has 0 bridgehead atoms. The van der Waals surface area contributed by atoms with E-state index >= 15 is 0 Å². The van der Waals surface area contributed by atoms with Crippen molar-refractivity contribution in [3.8, 4) is 11.5 Å². The van der Waals surface area contributed by atoms with Gasteiger partial charge in [-0.3, -0.25) is 9.78 Å². The van der Waals surface area contributed by atoms with E-state index in [1.165, 1.54) is 7.11 Å². The maximum atomic E-state index is 11.7. The molecule has 1 saturated carbocycles. The number of hydrogen-bond donors (Lipinski definition) is 0. The van der Waals surface area contributed by atoms with Crippen molar-refractivity contribution in [3.05, 3.63) is 29.8 Å². The van der Waals surface area contributed by atoms with E-state index in [0.29, 0.717) is 30.3 Å². The first-order chi connectivity index (χ1) is 9.17. The number of ether oxygens (including phenoxy) is 1. The van der Waals surface area contributed by atoms with Crippen molar-refractivity contribution in [1.82, 2.24) is 15.1 Å². The van der Waals surface area contributed by atoms with Crippen LogP contribution in [0, 0.1) is 6.92 Å². The van der Waals surface area contributed by atoms with Crippen LogP contribution in [0.4, 0.5) is 0 Å². The molecule has 0 radical (unpaired) electrons. The standard InChI is InChI=1S/C13H13N3O3/c1-8-4-3-7-14-9(8)10-15-11(19-16-10)13(5-6-13)12(17)18-2/h3-4,7H,5-6H2,1-2H3. The van der Waals surface area contributed by atoms with Gasteiger partial charge in [-0.1, -0.05) is 11.2 Å². The summed E-state index contributed by atoms with van der Waals surface area (Å²) in [7, 11) is 1.36. The van der Waals surface area contributed by atoms with Gasteiger partial charge in [0.05, 0.1) is 7.11 Å². The summed E-state index contributed by atoms with van der Waals surface area (Å²) >= 11 is 0. The largest absolute Gasteiger partial charge is 0.468 e. The molecule has 0 N–H and O–H groups in total. The minimum atomic E-state index is -0.733. The van der Waals surface area contributed by atoms with Crippen LogP contribution in [0.2, 0.25) is 0 Å². The van der Waals surface area contributed by atoms with Gasteiger partial charge in [0.2, 0.25) is 11.7 Å². The van der Waals surface area contributed by atoms with Crippen LogP contribution in [0.15, 0.2) is 22.9 Å². The van der Waals surface area contributed by atoms with Gasteiger partial charge in [-0.2, -0.15) is 4.98 Å². The molecule has 2 heterocycles. The van der Waals surface area contributed by atoms with Crippen LogP contribution in [-0.4, -0.2) is 28.2 Å². The molecule has 19 heavy (non-hydrogen) atoms. The normalized spacial score (nSPS) is 16.1. The molecule has 1 aliphatic rings. The Hall–Kier alpha value is -2.24. The number of pyridine rings is 1. The molecule has 2 aromatic rings. The minimum absolute atomic E-state index is 0.319. The number of nitrogens with zero attached hydrogens (tertiary/aromatic N) is 3. The number of aryl methyl sites for hydroxylation is 1. The smallest absolute Gasteiger partial charge is 0.321 e. The second-order valence-electron chi connectivity index (χ2n) is 4.67. The van der Waals surface area contributed by atoms with Crippen LogP contribution in [0.25, 0.3) is 11.5 Å². The fourth-order valence-corrected chi connectivity index (χ4v) is 2.06. The molecule has 0 atom stereocenters. The molecule has 0 spiro atoms. The highest BCUT2D eigenvalue weighted by molar-refractivity contribution is 5.85. The molecule has 1 aliphatic carbocycles. The Balaban J connectivity index is 1.97. The first kappa shape index (κ1) is 11.8. The quantitative estimate of drug-likeness (QED) is 0.780. The van der Waals surface area contributed by atoms with Crippen LogP contribution in [0.5, 0.6) is 0 Å². The number of rotatable bonds is 3. The summed E-state index contributed by atoms with van der Waals surface area (Å²) in [5.74, 6) is 0.406. The highest BCUT2D eigenvalue weighted by Crippen LogP contribution is 2.48. The predicted octanol–water partition coefficient (Wildman–Crippen LogP) is 1.64. The summed E-state index contributed by atoms with van der Waals surface area (Å²) in [6.45, 7) is 1.92. The van der Waals surface area contributed by atoms with Crippen LogP contribution in [0.3, 0.4) is 0 Å². The lowest BCUT2D eigenvalue weighted by Crippen LogP contribution is -2.22. The Morgan fingerprint density at radius 3 is 2.89 bits per heavy atom. The molecule has 1 fully saturated rings. The van der Waals surface area contributed by atoms with E-state index in [-0.39, 0.29) is 5.97 Å². The van der Waals surface area contributed by atoms with E-state index in [9.17, 15) is 4.79 Å². The fourth-order valence-electron chi connectivity index (χ4n) is 2.06. The first-order valence-electron chi connectivity index (χ1n) is 6.02. The van der Waals surface area contributed by atoms with Gasteiger partial charge in [0, 0.05) is 6.20 Å². The number of carbonyl (C=O) groups is 1. The van der Waals surface area contributed by atoms with Crippen molar-refractivity contribution in [2.45, 2.75) is 25.2 Å². The Morgan fingerprint density at radius 2 is 2.26 bits per heavy atom. The van der Waals surface area contributed by atoms with E-state index in [4.69, 9.17) is 9.26 Å². The Morgan fingerprint density at radius 1 is 1.47 bits per heavy atom. The second kappa shape index (κ2) is 4.15. The van der Waals surface area contributed by atoms with Gasteiger partial charge < -0.3 is 9.26 Å². The zero-order chi connectivity index (χ0) is 13.5. The first-order valence-corrected chi connectivity index (χ1v) is 6.02. The number of methoxy groups -OCH3 is 1. The molecule has 6 heteroatoms. The lowest BCUT2D eigenvalue weighted by Gasteiger charge is -2.05. The number of carbonyl (C=O) groups excluding carboxylic acids is 1. The summed E-state index contributed by atoms with van der Waals surface area (Å²) in [6, 6.07) is 3.77. The van der Waals surface area contributed by atoms with Gasteiger partial charge in [0.15, 0.2) is 0 Å². The zero-order valence-corrected chi connectivity index (χ0v) is 10.7. The third-order valence-electron chi connectivity index (χ3n) is 3.38. The van der Waals surface area contributed by atoms with Gasteiger partial charge >= 0.3 is 5.97 Å². The van der Waals surface area contributed by atoms with Crippen molar-refractivity contribution in [2.75, 3.05) is 7.11 Å². The van der Waals surface area contributed by atoms with Gasteiger partial charge in [-0.15, -0.1) is 0 Å². The van der Waals surface area contributed by atoms with Crippen molar-refractivity contribution >= 4 is 5.97 Å². The molecule has 3 rings (SSSR count). The molecular weight excluding hydrogens is 246 g/mol. The van der Waals surface area contributed by atoms with Crippen molar-refractivity contribution in [1.29, 1.82) is 0 Å². The van der Waals surface area contributed by atoms with Crippen LogP contribution in [-0.2, 0) is 14.9 Å². The van der Waals surface area contributed by atoms with E-state index in [1.807, 2.05) is 19.1 Å². The van der Waals surface area contributed by atoms with Gasteiger partial charge in [0.1, 0.15) is 11.1 Å². The topological polar surface area (TPSA) is 78.1 Å². The molecular formula is C13H13N3O3. The number of aromatic nitrogens is 3. The molecule has 2 aromatic heterocycles. The number of esters is 1. The number of hydrogen-bond acceptors (Lipinski definition) is 6. The molecule has 0 aromatic carbocycles. The van der Waals surface area contributed by atoms with Crippen molar-refractivity contribution in [2.24, 2.45) is 0 Å². The summed E-state index contributed by atoms with van der Waals surface area (Å²) in [6.07, 6.45) is 3.04. The molecule has 98 valence electrons. The average molecular weight is 259 g/mol. The van der Waals surface area contributed by atoms with Crippen molar-refractivity contribution < 1.29 is 14.1 Å². The van der Waals surface area contributed by atoms with Crippen molar-refractivity contribution in [3.63, 3.8) is 0 Å². The fraction of sp³-hybridized carbons (Fsp3) is 0.385. The molecule has 0 aliphatic heterocycles.